The molecule has 0 bridgehead atoms. The van der Waals surface area contributed by atoms with E-state index in [0.717, 1.165) is 10.0 Å². The second kappa shape index (κ2) is 5.73. The number of nitrogens with two attached hydrogens (primary N) is 1. The van der Waals surface area contributed by atoms with Crippen molar-refractivity contribution in [3.63, 3.8) is 0 Å². The van der Waals surface area contributed by atoms with Crippen molar-refractivity contribution in [1.29, 1.82) is 0 Å². The highest BCUT2D eigenvalue weighted by Crippen LogP contribution is 2.24. The van der Waals surface area contributed by atoms with E-state index < -0.39 is 5.97 Å². The van der Waals surface area contributed by atoms with Crippen LogP contribution in [0.2, 0.25) is 5.02 Å². The Morgan fingerprint density at radius 3 is 2.83 bits per heavy atom. The number of benzene rings is 1. The number of rotatable bonds is 3. The summed E-state index contributed by atoms with van der Waals surface area (Å²) in [5, 5.41) is 2.30. The van der Waals surface area contributed by atoms with Gasteiger partial charge in [-0.2, -0.15) is 0 Å². The summed E-state index contributed by atoms with van der Waals surface area (Å²) in [5.74, 6) is -0.429. The summed E-state index contributed by atoms with van der Waals surface area (Å²) in [5.41, 5.74) is 6.83. The first-order valence-electron chi connectivity index (χ1n) is 5.02. The maximum absolute atomic E-state index is 11.7. The van der Waals surface area contributed by atoms with Crippen molar-refractivity contribution in [2.24, 2.45) is 0 Å². The molecule has 3 nitrogen and oxygen atoms in total. The van der Waals surface area contributed by atoms with Crippen LogP contribution in [0.25, 0.3) is 0 Å². The minimum Gasteiger partial charge on any atom is -0.457 e. The Balaban J connectivity index is 2.04. The normalized spacial score (nSPS) is 10.3. The summed E-state index contributed by atoms with van der Waals surface area (Å²) in [4.78, 5) is 12.2. The maximum atomic E-state index is 11.7. The molecule has 0 aliphatic heterocycles. The number of esters is 1. The molecule has 0 aliphatic carbocycles. The predicted octanol–water partition coefficient (Wildman–Crippen LogP) is 4.10. The molecule has 1 aromatic heterocycles. The maximum Gasteiger partial charge on any atom is 0.350 e. The van der Waals surface area contributed by atoms with Gasteiger partial charge in [-0.3, -0.25) is 0 Å². The Hall–Kier alpha value is -1.04. The predicted molar refractivity (Wildman–Crippen MR) is 77.0 cm³/mol. The number of ether oxygens (including phenoxy) is 1. The molecule has 1 aromatic carbocycles. The molecule has 94 valence electrons. The lowest BCUT2D eigenvalue weighted by atomic mass is 10.2. The Morgan fingerprint density at radius 1 is 1.44 bits per heavy atom. The monoisotopic (exact) mass is 345 g/mol. The van der Waals surface area contributed by atoms with Gasteiger partial charge in [-0.05, 0) is 23.6 Å². The number of thiophene rings is 1. The van der Waals surface area contributed by atoms with E-state index in [1.807, 2.05) is 6.07 Å². The average Bonchev–Trinajstić information content (AvgIpc) is 2.74. The lowest BCUT2D eigenvalue weighted by molar-refractivity contribution is 0.0480. The third kappa shape index (κ3) is 3.04. The van der Waals surface area contributed by atoms with Crippen LogP contribution in [0.15, 0.2) is 34.1 Å². The first-order chi connectivity index (χ1) is 8.58. The highest BCUT2D eigenvalue weighted by atomic mass is 79.9. The first-order valence-corrected chi connectivity index (χ1v) is 7.07. The van der Waals surface area contributed by atoms with Gasteiger partial charge < -0.3 is 10.5 Å². The summed E-state index contributed by atoms with van der Waals surface area (Å²) in [6.45, 7) is 0.127. The SMILES string of the molecule is Nc1ccsc1C(=O)OCc1ccc(Br)cc1Cl. The van der Waals surface area contributed by atoms with Crippen molar-refractivity contribution in [2.75, 3.05) is 5.73 Å². The Morgan fingerprint density at radius 2 is 2.22 bits per heavy atom. The minimum atomic E-state index is -0.429. The van der Waals surface area contributed by atoms with Gasteiger partial charge in [0.2, 0.25) is 0 Å². The zero-order valence-electron chi connectivity index (χ0n) is 9.15. The smallest absolute Gasteiger partial charge is 0.350 e. The van der Waals surface area contributed by atoms with E-state index in [-0.39, 0.29) is 6.61 Å². The molecule has 0 spiro atoms. The molecule has 2 aromatic rings. The molecule has 1 heterocycles. The molecule has 0 radical (unpaired) electrons. The van der Waals surface area contributed by atoms with Crippen LogP contribution < -0.4 is 5.73 Å². The van der Waals surface area contributed by atoms with Gasteiger partial charge >= 0.3 is 5.97 Å². The molecule has 0 fully saturated rings. The first kappa shape index (κ1) is 13.4. The van der Waals surface area contributed by atoms with Gasteiger partial charge in [0.25, 0.3) is 0 Å². The number of hydrogen-bond donors (Lipinski definition) is 1. The summed E-state index contributed by atoms with van der Waals surface area (Å²) in [6.07, 6.45) is 0. The summed E-state index contributed by atoms with van der Waals surface area (Å²) in [7, 11) is 0. The van der Waals surface area contributed by atoms with Crippen molar-refractivity contribution in [2.45, 2.75) is 6.61 Å². The van der Waals surface area contributed by atoms with Crippen LogP contribution in [0.1, 0.15) is 15.2 Å². The zero-order valence-corrected chi connectivity index (χ0v) is 12.3. The van der Waals surface area contributed by atoms with E-state index >= 15 is 0 Å². The number of nitrogen functional groups attached to an aromatic ring is 1. The third-order valence-corrected chi connectivity index (χ3v) is 4.01. The van der Waals surface area contributed by atoms with Crippen molar-refractivity contribution in [1.82, 2.24) is 0 Å². The van der Waals surface area contributed by atoms with Crippen LogP contribution in [-0.4, -0.2) is 5.97 Å². The number of hydrogen-bond acceptors (Lipinski definition) is 4. The number of halogens is 2. The van der Waals surface area contributed by atoms with Crippen molar-refractivity contribution in [3.8, 4) is 0 Å². The van der Waals surface area contributed by atoms with Crippen molar-refractivity contribution >= 4 is 50.5 Å². The van der Waals surface area contributed by atoms with Crippen LogP contribution in [-0.2, 0) is 11.3 Å². The fourth-order valence-electron chi connectivity index (χ4n) is 1.33. The molecule has 18 heavy (non-hydrogen) atoms. The van der Waals surface area contributed by atoms with E-state index in [4.69, 9.17) is 22.1 Å². The van der Waals surface area contributed by atoms with Crippen LogP contribution in [0.3, 0.4) is 0 Å². The van der Waals surface area contributed by atoms with E-state index in [0.29, 0.717) is 15.6 Å². The van der Waals surface area contributed by atoms with Gasteiger partial charge in [-0.1, -0.05) is 33.6 Å². The van der Waals surface area contributed by atoms with Gasteiger partial charge in [0, 0.05) is 15.1 Å². The van der Waals surface area contributed by atoms with Gasteiger partial charge in [0.1, 0.15) is 11.5 Å². The number of carbonyl (C=O) groups is 1. The van der Waals surface area contributed by atoms with Crippen LogP contribution in [0.4, 0.5) is 5.69 Å². The second-order valence-corrected chi connectivity index (χ2v) is 5.76. The standard InChI is InChI=1S/C12H9BrClNO2S/c13-8-2-1-7(9(14)5-8)6-17-12(16)11-10(15)3-4-18-11/h1-5H,6,15H2. The minimum absolute atomic E-state index is 0.127. The highest BCUT2D eigenvalue weighted by molar-refractivity contribution is 9.10. The Kier molecular flexibility index (Phi) is 4.27. The van der Waals surface area contributed by atoms with E-state index in [1.54, 1.807) is 23.6 Å². The second-order valence-electron chi connectivity index (χ2n) is 3.52. The summed E-state index contributed by atoms with van der Waals surface area (Å²) in [6, 6.07) is 7.07. The fourth-order valence-corrected chi connectivity index (χ4v) is 2.77. The van der Waals surface area contributed by atoms with Gasteiger partial charge in [0.05, 0.1) is 5.69 Å². The Bertz CT molecular complexity index is 585. The highest BCUT2D eigenvalue weighted by Gasteiger charge is 2.13. The summed E-state index contributed by atoms with van der Waals surface area (Å²) >= 11 is 10.6. The van der Waals surface area contributed by atoms with Gasteiger partial charge in [-0.25, -0.2) is 4.79 Å². The van der Waals surface area contributed by atoms with Crippen molar-refractivity contribution in [3.05, 3.63) is 49.6 Å². The lowest BCUT2D eigenvalue weighted by Gasteiger charge is -2.06. The topological polar surface area (TPSA) is 52.3 Å². The van der Waals surface area contributed by atoms with E-state index in [1.165, 1.54) is 11.3 Å². The third-order valence-electron chi connectivity index (χ3n) is 2.25. The molecule has 2 rings (SSSR count). The molecule has 0 saturated carbocycles. The summed E-state index contributed by atoms with van der Waals surface area (Å²) < 4.78 is 6.05. The molecule has 2 N–H and O–H groups in total. The molecule has 0 saturated heterocycles. The molecular weight excluding hydrogens is 338 g/mol. The molecule has 0 amide bonds. The number of carbonyl (C=O) groups excluding carboxylic acids is 1. The van der Waals surface area contributed by atoms with Crippen molar-refractivity contribution < 1.29 is 9.53 Å². The molecular formula is C12H9BrClNO2S. The van der Waals surface area contributed by atoms with E-state index in [2.05, 4.69) is 15.9 Å². The van der Waals surface area contributed by atoms with Gasteiger partial charge in [-0.15, -0.1) is 11.3 Å². The lowest BCUT2D eigenvalue weighted by Crippen LogP contribution is -2.05. The van der Waals surface area contributed by atoms with Crippen LogP contribution in [0.5, 0.6) is 0 Å². The molecule has 0 unspecified atom stereocenters. The largest absolute Gasteiger partial charge is 0.457 e. The van der Waals surface area contributed by atoms with Crippen LogP contribution in [0, 0.1) is 0 Å². The van der Waals surface area contributed by atoms with Crippen LogP contribution >= 0.6 is 38.9 Å². The Labute approximate surface area is 122 Å². The van der Waals surface area contributed by atoms with Gasteiger partial charge in [0.15, 0.2) is 0 Å². The zero-order chi connectivity index (χ0) is 13.1. The average molecular weight is 347 g/mol. The molecule has 0 aliphatic rings. The molecule has 0 atom stereocenters. The quantitative estimate of drug-likeness (QED) is 0.851. The number of anilines is 1. The molecule has 6 heteroatoms. The fraction of sp³-hybridized carbons (Fsp3) is 0.0833. The van der Waals surface area contributed by atoms with E-state index in [9.17, 15) is 4.79 Å².